The Morgan fingerprint density at radius 3 is 2.30 bits per heavy atom. The van der Waals surface area contributed by atoms with Crippen LogP contribution in [-0.4, -0.2) is 16.8 Å². The van der Waals surface area contributed by atoms with Crippen molar-refractivity contribution in [2.45, 2.75) is 6.92 Å². The molecule has 0 spiro atoms. The first-order valence-electron chi connectivity index (χ1n) is 9.40. The van der Waals surface area contributed by atoms with Crippen molar-refractivity contribution >= 4 is 23.2 Å². The first kappa shape index (κ1) is 19.1. The molecule has 2 N–H and O–H groups in total. The number of carbonyl (C=O) groups excluding carboxylic acids is 2. The lowest BCUT2D eigenvalue weighted by atomic mass is 10.1. The van der Waals surface area contributed by atoms with E-state index in [0.717, 1.165) is 5.56 Å². The second-order valence-corrected chi connectivity index (χ2v) is 6.66. The first-order valence-corrected chi connectivity index (χ1v) is 9.40. The Labute approximate surface area is 173 Å². The van der Waals surface area contributed by atoms with E-state index >= 15 is 0 Å². The molecule has 0 aliphatic heterocycles. The van der Waals surface area contributed by atoms with Crippen LogP contribution in [0.5, 0.6) is 0 Å². The van der Waals surface area contributed by atoms with Crippen molar-refractivity contribution in [2.75, 3.05) is 10.6 Å². The van der Waals surface area contributed by atoms with Crippen molar-refractivity contribution in [3.8, 4) is 22.8 Å². The first-order chi connectivity index (χ1) is 14.6. The van der Waals surface area contributed by atoms with Crippen LogP contribution in [0.25, 0.3) is 22.8 Å². The molecule has 148 valence electrons. The van der Waals surface area contributed by atoms with E-state index in [4.69, 9.17) is 4.42 Å². The standard InChI is InChI=1S/C24H19N3O3/c1-16(28)26-18-10-7-11-19(14-18)27-23(29)20-12-5-6-13-21(20)24-25-15-22(30-24)17-8-3-2-4-9-17/h2-15H,1H3,(H,26,28)(H,27,29). The summed E-state index contributed by atoms with van der Waals surface area (Å²) in [6, 6.07) is 23.7. The minimum absolute atomic E-state index is 0.179. The second-order valence-electron chi connectivity index (χ2n) is 6.66. The van der Waals surface area contributed by atoms with Crippen LogP contribution in [0.2, 0.25) is 0 Å². The zero-order valence-corrected chi connectivity index (χ0v) is 16.3. The van der Waals surface area contributed by atoms with Gasteiger partial charge in [0.15, 0.2) is 5.76 Å². The smallest absolute Gasteiger partial charge is 0.256 e. The molecule has 6 nitrogen and oxygen atoms in total. The maximum Gasteiger partial charge on any atom is 0.256 e. The summed E-state index contributed by atoms with van der Waals surface area (Å²) in [6.45, 7) is 1.43. The molecular weight excluding hydrogens is 378 g/mol. The third-order valence-corrected chi connectivity index (χ3v) is 4.41. The van der Waals surface area contributed by atoms with E-state index in [1.54, 1.807) is 48.7 Å². The molecule has 0 unspecified atom stereocenters. The van der Waals surface area contributed by atoms with Crippen LogP contribution in [0.15, 0.2) is 89.5 Å². The monoisotopic (exact) mass is 397 g/mol. The molecule has 0 radical (unpaired) electrons. The van der Waals surface area contributed by atoms with E-state index in [1.165, 1.54) is 6.92 Å². The molecule has 6 heteroatoms. The molecule has 3 aromatic carbocycles. The molecule has 0 atom stereocenters. The lowest BCUT2D eigenvalue weighted by Crippen LogP contribution is -2.13. The van der Waals surface area contributed by atoms with Crippen LogP contribution in [0.1, 0.15) is 17.3 Å². The molecule has 4 rings (SSSR count). The summed E-state index contributed by atoms with van der Waals surface area (Å²) in [5.74, 6) is 0.516. The Morgan fingerprint density at radius 2 is 1.53 bits per heavy atom. The zero-order valence-electron chi connectivity index (χ0n) is 16.3. The fourth-order valence-electron chi connectivity index (χ4n) is 3.08. The summed E-state index contributed by atoms with van der Waals surface area (Å²) in [7, 11) is 0. The molecule has 0 saturated heterocycles. The topological polar surface area (TPSA) is 84.2 Å². The van der Waals surface area contributed by atoms with Crippen LogP contribution in [-0.2, 0) is 4.79 Å². The summed E-state index contributed by atoms with van der Waals surface area (Å²) in [4.78, 5) is 28.6. The Morgan fingerprint density at radius 1 is 0.833 bits per heavy atom. The lowest BCUT2D eigenvalue weighted by Gasteiger charge is -2.10. The quantitative estimate of drug-likeness (QED) is 0.484. The molecule has 0 bridgehead atoms. The SMILES string of the molecule is CC(=O)Nc1cccc(NC(=O)c2ccccc2-c2ncc(-c3ccccc3)o2)c1. The van der Waals surface area contributed by atoms with Gasteiger partial charge in [0.2, 0.25) is 11.8 Å². The number of aromatic nitrogens is 1. The van der Waals surface area contributed by atoms with Crippen LogP contribution < -0.4 is 10.6 Å². The Bertz CT molecular complexity index is 1200. The highest BCUT2D eigenvalue weighted by atomic mass is 16.4. The number of hydrogen-bond donors (Lipinski definition) is 2. The number of amides is 2. The number of oxazole rings is 1. The van der Waals surface area contributed by atoms with Crippen LogP contribution in [0.3, 0.4) is 0 Å². The van der Waals surface area contributed by atoms with Gasteiger partial charge < -0.3 is 15.1 Å². The van der Waals surface area contributed by atoms with Gasteiger partial charge >= 0.3 is 0 Å². The number of nitrogens with zero attached hydrogens (tertiary/aromatic N) is 1. The normalized spacial score (nSPS) is 10.4. The van der Waals surface area contributed by atoms with Crippen molar-refractivity contribution in [3.05, 3.63) is 90.6 Å². The van der Waals surface area contributed by atoms with Crippen LogP contribution in [0.4, 0.5) is 11.4 Å². The molecule has 1 aromatic heterocycles. The third-order valence-electron chi connectivity index (χ3n) is 4.41. The number of nitrogens with one attached hydrogen (secondary N) is 2. The van der Waals surface area contributed by atoms with Crippen molar-refractivity contribution in [3.63, 3.8) is 0 Å². The van der Waals surface area contributed by atoms with E-state index in [0.29, 0.717) is 34.2 Å². The fourth-order valence-corrected chi connectivity index (χ4v) is 3.08. The predicted octanol–water partition coefficient (Wildman–Crippen LogP) is 5.22. The largest absolute Gasteiger partial charge is 0.436 e. The van der Waals surface area contributed by atoms with E-state index in [1.807, 2.05) is 36.4 Å². The van der Waals surface area contributed by atoms with Gasteiger partial charge in [-0.3, -0.25) is 9.59 Å². The van der Waals surface area contributed by atoms with Crippen molar-refractivity contribution in [1.82, 2.24) is 4.98 Å². The zero-order chi connectivity index (χ0) is 20.9. The lowest BCUT2D eigenvalue weighted by molar-refractivity contribution is -0.114. The minimum atomic E-state index is -0.301. The van der Waals surface area contributed by atoms with Crippen molar-refractivity contribution in [1.29, 1.82) is 0 Å². The number of rotatable bonds is 5. The molecule has 0 saturated carbocycles. The van der Waals surface area contributed by atoms with Crippen LogP contribution in [0, 0.1) is 0 Å². The number of hydrogen-bond acceptors (Lipinski definition) is 4. The van der Waals surface area contributed by atoms with E-state index in [9.17, 15) is 9.59 Å². The van der Waals surface area contributed by atoms with Crippen molar-refractivity contribution < 1.29 is 14.0 Å². The van der Waals surface area contributed by atoms with Gasteiger partial charge in [0.1, 0.15) is 0 Å². The van der Waals surface area contributed by atoms with Gasteiger partial charge in [-0.05, 0) is 30.3 Å². The van der Waals surface area contributed by atoms with E-state index < -0.39 is 0 Å². The number of anilines is 2. The average molecular weight is 397 g/mol. The third kappa shape index (κ3) is 4.28. The Hall–Kier alpha value is -4.19. The maximum absolute atomic E-state index is 13.0. The van der Waals surface area contributed by atoms with E-state index in [-0.39, 0.29) is 11.8 Å². The Kier molecular flexibility index (Phi) is 5.39. The molecule has 30 heavy (non-hydrogen) atoms. The molecule has 0 aliphatic rings. The molecule has 0 aliphatic carbocycles. The molecular formula is C24H19N3O3. The van der Waals surface area contributed by atoms with Gasteiger partial charge in [-0.1, -0.05) is 48.5 Å². The Balaban J connectivity index is 1.60. The van der Waals surface area contributed by atoms with Gasteiger partial charge in [-0.25, -0.2) is 4.98 Å². The van der Waals surface area contributed by atoms with Crippen molar-refractivity contribution in [2.24, 2.45) is 0 Å². The molecule has 4 aromatic rings. The summed E-state index contributed by atoms with van der Waals surface area (Å²) >= 11 is 0. The molecule has 1 heterocycles. The van der Waals surface area contributed by atoms with Gasteiger partial charge in [-0.15, -0.1) is 0 Å². The highest BCUT2D eigenvalue weighted by Crippen LogP contribution is 2.28. The van der Waals surface area contributed by atoms with Gasteiger partial charge in [0.05, 0.1) is 11.8 Å². The summed E-state index contributed by atoms with van der Waals surface area (Å²) in [6.07, 6.45) is 1.65. The fraction of sp³-hybridized carbons (Fsp3) is 0.0417. The maximum atomic E-state index is 13.0. The molecule has 2 amide bonds. The van der Waals surface area contributed by atoms with Gasteiger partial charge in [0, 0.05) is 29.4 Å². The molecule has 0 fully saturated rings. The minimum Gasteiger partial charge on any atom is -0.436 e. The van der Waals surface area contributed by atoms with Gasteiger partial charge in [0.25, 0.3) is 5.91 Å². The number of benzene rings is 3. The number of carbonyl (C=O) groups is 2. The van der Waals surface area contributed by atoms with E-state index in [2.05, 4.69) is 15.6 Å². The summed E-state index contributed by atoms with van der Waals surface area (Å²) in [5.41, 5.74) is 3.11. The summed E-state index contributed by atoms with van der Waals surface area (Å²) < 4.78 is 5.92. The highest BCUT2D eigenvalue weighted by molar-refractivity contribution is 6.08. The van der Waals surface area contributed by atoms with Crippen LogP contribution >= 0.6 is 0 Å². The second kappa shape index (κ2) is 8.45. The van der Waals surface area contributed by atoms with Gasteiger partial charge in [-0.2, -0.15) is 0 Å². The average Bonchev–Trinajstić information content (AvgIpc) is 3.24. The summed E-state index contributed by atoms with van der Waals surface area (Å²) in [5, 5.41) is 5.56. The predicted molar refractivity (Wildman–Crippen MR) is 116 cm³/mol. The highest BCUT2D eigenvalue weighted by Gasteiger charge is 2.17.